The van der Waals surface area contributed by atoms with E-state index in [0.717, 1.165) is 17.8 Å². The van der Waals surface area contributed by atoms with E-state index in [-0.39, 0.29) is 36.0 Å². The molecule has 1 atom stereocenters. The summed E-state index contributed by atoms with van der Waals surface area (Å²) >= 11 is 0. The second-order valence-corrected chi connectivity index (χ2v) is 11.4. The summed E-state index contributed by atoms with van der Waals surface area (Å²) in [6, 6.07) is 7.71. The summed E-state index contributed by atoms with van der Waals surface area (Å²) in [5, 5.41) is 7.57. The van der Waals surface area contributed by atoms with Crippen LogP contribution in [0.3, 0.4) is 0 Å². The SMILES string of the molecule is COc1ccc(Cn2nc(N[C@H]3CCN(C(=O)OC(C)(C)C)C3)c3c(OS(=O)(=O)C(F)(F)F)ccnc32)cc1. The molecule has 1 fully saturated rings. The third-order valence-corrected chi connectivity index (χ3v) is 6.72. The number of fused-ring (bicyclic) bond motifs is 1. The number of aromatic nitrogens is 3. The van der Waals surface area contributed by atoms with Gasteiger partial charge in [0.25, 0.3) is 0 Å². The van der Waals surface area contributed by atoms with Gasteiger partial charge in [0, 0.05) is 31.4 Å². The Labute approximate surface area is 223 Å². The standard InChI is InChI=1S/C24H28F3N5O6S/c1-23(2,3)37-22(33)31-12-10-16(14-31)29-20-19-18(38-39(34,35)24(25,26)27)9-11-28-21(19)32(30-20)13-15-5-7-17(36-4)8-6-15/h5-9,11,16H,10,12-14H2,1-4H3,(H,29,30)/t16-/m0/s1. The van der Waals surface area contributed by atoms with Crippen LogP contribution in [0.5, 0.6) is 11.5 Å². The number of ether oxygens (including phenoxy) is 2. The molecule has 15 heteroatoms. The van der Waals surface area contributed by atoms with Crippen molar-refractivity contribution in [1.29, 1.82) is 0 Å². The summed E-state index contributed by atoms with van der Waals surface area (Å²) in [6.07, 6.45) is 1.13. The lowest BCUT2D eigenvalue weighted by molar-refractivity contribution is -0.0499. The van der Waals surface area contributed by atoms with Gasteiger partial charge in [0.1, 0.15) is 16.7 Å². The Bertz CT molecular complexity index is 1450. The molecule has 0 saturated carbocycles. The molecule has 11 nitrogen and oxygen atoms in total. The molecule has 1 aliphatic rings. The van der Waals surface area contributed by atoms with Crippen molar-refractivity contribution in [3.8, 4) is 11.5 Å². The Hall–Kier alpha value is -3.75. The van der Waals surface area contributed by atoms with Crippen molar-refractivity contribution in [2.24, 2.45) is 0 Å². The van der Waals surface area contributed by atoms with Crippen molar-refractivity contribution in [2.45, 2.75) is 50.9 Å². The predicted molar refractivity (Wildman–Crippen MR) is 135 cm³/mol. The molecule has 1 saturated heterocycles. The van der Waals surface area contributed by atoms with Gasteiger partial charge in [-0.1, -0.05) is 12.1 Å². The molecule has 0 spiro atoms. The molecule has 1 N–H and O–H groups in total. The minimum atomic E-state index is -5.96. The van der Waals surface area contributed by atoms with Crippen molar-refractivity contribution in [1.82, 2.24) is 19.7 Å². The summed E-state index contributed by atoms with van der Waals surface area (Å²) in [5.41, 5.74) is -5.43. The van der Waals surface area contributed by atoms with E-state index >= 15 is 0 Å². The molecule has 212 valence electrons. The average Bonchev–Trinajstić information content (AvgIpc) is 3.43. The maximum atomic E-state index is 13.1. The molecular formula is C24H28F3N5O6S. The van der Waals surface area contributed by atoms with Gasteiger partial charge in [-0.25, -0.2) is 14.5 Å². The summed E-state index contributed by atoms with van der Waals surface area (Å²) in [7, 11) is -4.43. The number of hydrogen-bond acceptors (Lipinski definition) is 9. The average molecular weight is 572 g/mol. The minimum absolute atomic E-state index is 0.0467. The number of alkyl halides is 3. The number of halogens is 3. The van der Waals surface area contributed by atoms with Crippen LogP contribution in [0.1, 0.15) is 32.8 Å². The van der Waals surface area contributed by atoms with Crippen LogP contribution in [0.25, 0.3) is 11.0 Å². The van der Waals surface area contributed by atoms with Gasteiger partial charge in [-0.15, -0.1) is 0 Å². The number of carbonyl (C=O) groups excluding carboxylic acids is 1. The highest BCUT2D eigenvalue weighted by molar-refractivity contribution is 7.88. The Morgan fingerprint density at radius 1 is 1.15 bits per heavy atom. The van der Waals surface area contributed by atoms with Gasteiger partial charge in [-0.3, -0.25) is 0 Å². The molecule has 0 radical (unpaired) electrons. The number of anilines is 1. The van der Waals surface area contributed by atoms with Crippen LogP contribution < -0.4 is 14.2 Å². The van der Waals surface area contributed by atoms with Gasteiger partial charge >= 0.3 is 21.7 Å². The van der Waals surface area contributed by atoms with E-state index in [1.54, 1.807) is 45.0 Å². The zero-order valence-corrected chi connectivity index (χ0v) is 22.5. The lowest BCUT2D eigenvalue weighted by Gasteiger charge is -2.24. The van der Waals surface area contributed by atoms with Crippen LogP contribution in [-0.4, -0.2) is 71.5 Å². The second kappa shape index (κ2) is 10.4. The zero-order chi connectivity index (χ0) is 28.6. The predicted octanol–water partition coefficient (Wildman–Crippen LogP) is 4.14. The summed E-state index contributed by atoms with van der Waals surface area (Å²) in [4.78, 5) is 18.2. The van der Waals surface area contributed by atoms with Crippen molar-refractivity contribution < 1.29 is 40.0 Å². The Morgan fingerprint density at radius 3 is 2.46 bits per heavy atom. The topological polar surface area (TPSA) is 125 Å². The van der Waals surface area contributed by atoms with Crippen molar-refractivity contribution >= 4 is 33.1 Å². The third kappa shape index (κ3) is 6.46. The van der Waals surface area contributed by atoms with Gasteiger partial charge in [0.15, 0.2) is 17.2 Å². The van der Waals surface area contributed by atoms with E-state index < -0.39 is 33.1 Å². The summed E-state index contributed by atoms with van der Waals surface area (Å²) in [6.45, 7) is 6.03. The first-order chi connectivity index (χ1) is 18.2. The number of benzene rings is 1. The number of methoxy groups -OCH3 is 1. The van der Waals surface area contributed by atoms with E-state index in [2.05, 4.69) is 19.6 Å². The van der Waals surface area contributed by atoms with Gasteiger partial charge in [-0.05, 0) is 44.9 Å². The lowest BCUT2D eigenvalue weighted by Crippen LogP contribution is -2.36. The van der Waals surface area contributed by atoms with Gasteiger partial charge in [0.05, 0.1) is 13.7 Å². The highest BCUT2D eigenvalue weighted by Gasteiger charge is 2.49. The maximum Gasteiger partial charge on any atom is 0.534 e. The highest BCUT2D eigenvalue weighted by Crippen LogP contribution is 2.36. The highest BCUT2D eigenvalue weighted by atomic mass is 32.2. The van der Waals surface area contributed by atoms with Crippen LogP contribution in [0.4, 0.5) is 23.8 Å². The number of nitrogens with one attached hydrogen (secondary N) is 1. The molecule has 3 heterocycles. The number of rotatable bonds is 7. The monoisotopic (exact) mass is 571 g/mol. The number of hydrogen-bond donors (Lipinski definition) is 1. The van der Waals surface area contributed by atoms with Crippen LogP contribution in [0.2, 0.25) is 0 Å². The first kappa shape index (κ1) is 28.3. The number of likely N-dealkylation sites (tertiary alicyclic amines) is 1. The fourth-order valence-corrected chi connectivity index (χ4v) is 4.45. The smallest absolute Gasteiger partial charge is 0.497 e. The van der Waals surface area contributed by atoms with Crippen LogP contribution in [0.15, 0.2) is 36.5 Å². The van der Waals surface area contributed by atoms with Crippen molar-refractivity contribution in [3.05, 3.63) is 42.1 Å². The number of pyridine rings is 1. The normalized spacial score (nSPS) is 16.4. The number of nitrogens with zero attached hydrogens (tertiary/aromatic N) is 4. The van der Waals surface area contributed by atoms with Crippen LogP contribution in [0, 0.1) is 0 Å². The molecule has 0 bridgehead atoms. The van der Waals surface area contributed by atoms with E-state index in [0.29, 0.717) is 18.7 Å². The molecular weight excluding hydrogens is 543 g/mol. The molecule has 1 amide bonds. The fourth-order valence-electron chi connectivity index (χ4n) is 3.98. The minimum Gasteiger partial charge on any atom is -0.497 e. The molecule has 0 unspecified atom stereocenters. The van der Waals surface area contributed by atoms with E-state index in [1.165, 1.54) is 16.7 Å². The van der Waals surface area contributed by atoms with Crippen molar-refractivity contribution in [2.75, 3.05) is 25.5 Å². The second-order valence-electron chi connectivity index (χ2n) is 9.90. The molecule has 1 aliphatic heterocycles. The molecule has 1 aromatic carbocycles. The maximum absolute atomic E-state index is 13.1. The quantitative estimate of drug-likeness (QED) is 0.329. The van der Waals surface area contributed by atoms with Gasteiger partial charge in [0.2, 0.25) is 0 Å². The lowest BCUT2D eigenvalue weighted by atomic mass is 10.2. The molecule has 0 aliphatic carbocycles. The first-order valence-electron chi connectivity index (χ1n) is 11.9. The Morgan fingerprint density at radius 2 is 1.85 bits per heavy atom. The molecule has 39 heavy (non-hydrogen) atoms. The van der Waals surface area contributed by atoms with E-state index in [9.17, 15) is 26.4 Å². The number of carbonyl (C=O) groups is 1. The van der Waals surface area contributed by atoms with E-state index in [4.69, 9.17) is 9.47 Å². The van der Waals surface area contributed by atoms with E-state index in [1.807, 2.05) is 0 Å². The largest absolute Gasteiger partial charge is 0.534 e. The van der Waals surface area contributed by atoms with Crippen molar-refractivity contribution in [3.63, 3.8) is 0 Å². The number of amides is 1. The summed E-state index contributed by atoms with van der Waals surface area (Å²) < 4.78 is 79.5. The Kier molecular flexibility index (Phi) is 7.56. The fraction of sp³-hybridized carbons (Fsp3) is 0.458. The molecule has 4 rings (SSSR count). The van der Waals surface area contributed by atoms with Gasteiger partial charge in [-0.2, -0.15) is 26.7 Å². The Balaban J connectivity index is 1.68. The first-order valence-corrected chi connectivity index (χ1v) is 13.3. The van der Waals surface area contributed by atoms with Crippen LogP contribution in [-0.2, 0) is 21.4 Å². The third-order valence-electron chi connectivity index (χ3n) is 5.75. The van der Waals surface area contributed by atoms with Crippen LogP contribution >= 0.6 is 0 Å². The van der Waals surface area contributed by atoms with Gasteiger partial charge < -0.3 is 23.9 Å². The molecule has 3 aromatic rings. The zero-order valence-electron chi connectivity index (χ0n) is 21.7. The molecule has 2 aromatic heterocycles. The summed E-state index contributed by atoms with van der Waals surface area (Å²) in [5.74, 6) is 0.117.